The first-order valence-electron chi connectivity index (χ1n) is 6.87. The molecule has 0 spiro atoms. The molecule has 0 atom stereocenters. The second kappa shape index (κ2) is 6.77. The van der Waals surface area contributed by atoms with Crippen molar-refractivity contribution in [1.82, 2.24) is 10.6 Å². The fraction of sp³-hybridized carbons (Fsp3) is 0.600. The third kappa shape index (κ3) is 4.14. The van der Waals surface area contributed by atoms with E-state index in [0.29, 0.717) is 0 Å². The first-order chi connectivity index (χ1) is 8.38. The van der Waals surface area contributed by atoms with Crippen molar-refractivity contribution in [3.63, 3.8) is 0 Å². The Morgan fingerprint density at radius 2 is 1.76 bits per heavy atom. The number of nitrogens with one attached hydrogen (secondary N) is 2. The van der Waals surface area contributed by atoms with Crippen molar-refractivity contribution < 1.29 is 0 Å². The lowest BCUT2D eigenvalue weighted by Gasteiger charge is -2.27. The Kier molecular flexibility index (Phi) is 5.02. The highest BCUT2D eigenvalue weighted by molar-refractivity contribution is 5.22. The summed E-state index contributed by atoms with van der Waals surface area (Å²) in [5, 5.41) is 6.83. The normalized spacial score (nSPS) is 15.8. The van der Waals surface area contributed by atoms with Gasteiger partial charge in [-0.2, -0.15) is 0 Å². The summed E-state index contributed by atoms with van der Waals surface area (Å²) in [4.78, 5) is 0. The molecule has 1 aromatic rings. The van der Waals surface area contributed by atoms with Crippen LogP contribution in [0.25, 0.3) is 0 Å². The largest absolute Gasteiger partial charge is 0.316 e. The summed E-state index contributed by atoms with van der Waals surface area (Å²) in [6.07, 6.45) is 3.58. The molecule has 1 aliphatic heterocycles. The van der Waals surface area contributed by atoms with E-state index in [9.17, 15) is 0 Å². The summed E-state index contributed by atoms with van der Waals surface area (Å²) in [5.41, 5.74) is 2.91. The zero-order valence-electron chi connectivity index (χ0n) is 10.8. The van der Waals surface area contributed by atoms with Crippen LogP contribution in [0.4, 0.5) is 0 Å². The molecule has 0 unspecified atom stereocenters. The van der Waals surface area contributed by atoms with Crippen LogP contribution in [-0.4, -0.2) is 26.2 Å². The minimum absolute atomic E-state index is 0.863. The minimum atomic E-state index is 0.863. The van der Waals surface area contributed by atoms with Gasteiger partial charge in [-0.05, 0) is 36.4 Å². The molecule has 1 heterocycles. The van der Waals surface area contributed by atoms with Gasteiger partial charge in [-0.15, -0.1) is 0 Å². The van der Waals surface area contributed by atoms with Gasteiger partial charge in [0.05, 0.1) is 0 Å². The molecule has 2 heteroatoms. The standard InChI is InChI=1S/C15H24N2/c1-2-3-13-4-6-14(7-5-13)8-9-16-10-15-11-17-12-15/h4-7,15-17H,2-3,8-12H2,1H3. The van der Waals surface area contributed by atoms with Crippen molar-refractivity contribution in [1.29, 1.82) is 0 Å². The van der Waals surface area contributed by atoms with E-state index in [1.165, 1.54) is 43.6 Å². The van der Waals surface area contributed by atoms with Crippen LogP contribution in [0, 0.1) is 5.92 Å². The van der Waals surface area contributed by atoms with E-state index in [-0.39, 0.29) is 0 Å². The van der Waals surface area contributed by atoms with Crippen LogP contribution >= 0.6 is 0 Å². The second-order valence-electron chi connectivity index (χ2n) is 5.04. The molecule has 0 aromatic heterocycles. The van der Waals surface area contributed by atoms with Gasteiger partial charge in [-0.3, -0.25) is 0 Å². The van der Waals surface area contributed by atoms with Gasteiger partial charge in [-0.1, -0.05) is 37.6 Å². The summed E-state index contributed by atoms with van der Waals surface area (Å²) >= 11 is 0. The van der Waals surface area contributed by atoms with Gasteiger partial charge in [0.15, 0.2) is 0 Å². The quantitative estimate of drug-likeness (QED) is 0.703. The fourth-order valence-electron chi connectivity index (χ4n) is 2.19. The third-order valence-electron chi connectivity index (χ3n) is 3.45. The molecule has 1 aromatic carbocycles. The van der Waals surface area contributed by atoms with E-state index >= 15 is 0 Å². The van der Waals surface area contributed by atoms with E-state index in [1.54, 1.807) is 0 Å². The summed E-state index contributed by atoms with van der Waals surface area (Å²) in [6.45, 7) is 6.88. The summed E-state index contributed by atoms with van der Waals surface area (Å²) in [7, 11) is 0. The number of aryl methyl sites for hydroxylation is 1. The molecule has 1 fully saturated rings. The Balaban J connectivity index is 1.63. The molecule has 0 radical (unpaired) electrons. The molecular weight excluding hydrogens is 208 g/mol. The molecule has 1 aliphatic rings. The first-order valence-corrected chi connectivity index (χ1v) is 6.87. The maximum absolute atomic E-state index is 3.54. The first kappa shape index (κ1) is 12.6. The van der Waals surface area contributed by atoms with Gasteiger partial charge in [-0.25, -0.2) is 0 Å². The molecule has 2 nitrogen and oxygen atoms in total. The van der Waals surface area contributed by atoms with Gasteiger partial charge < -0.3 is 10.6 Å². The van der Waals surface area contributed by atoms with E-state index in [4.69, 9.17) is 0 Å². The van der Waals surface area contributed by atoms with E-state index in [0.717, 1.165) is 18.9 Å². The highest BCUT2D eigenvalue weighted by atomic mass is 15.0. The van der Waals surface area contributed by atoms with E-state index in [2.05, 4.69) is 41.8 Å². The predicted molar refractivity (Wildman–Crippen MR) is 73.4 cm³/mol. The summed E-state index contributed by atoms with van der Waals surface area (Å²) in [6, 6.07) is 9.10. The lowest BCUT2D eigenvalue weighted by Crippen LogP contribution is -2.47. The zero-order chi connectivity index (χ0) is 11.9. The van der Waals surface area contributed by atoms with Crippen LogP contribution in [0.5, 0.6) is 0 Å². The number of hydrogen-bond donors (Lipinski definition) is 2. The highest BCUT2D eigenvalue weighted by Gasteiger charge is 2.15. The average molecular weight is 232 g/mol. The van der Waals surface area contributed by atoms with Crippen molar-refractivity contribution in [2.45, 2.75) is 26.2 Å². The molecule has 2 rings (SSSR count). The lowest BCUT2D eigenvalue weighted by atomic mass is 10.0. The van der Waals surface area contributed by atoms with Gasteiger partial charge >= 0.3 is 0 Å². The maximum Gasteiger partial charge on any atom is 0.000394 e. The number of benzene rings is 1. The van der Waals surface area contributed by atoms with E-state index < -0.39 is 0 Å². The second-order valence-corrected chi connectivity index (χ2v) is 5.04. The van der Waals surface area contributed by atoms with Gasteiger partial charge in [0, 0.05) is 19.6 Å². The van der Waals surface area contributed by atoms with Crippen molar-refractivity contribution >= 4 is 0 Å². The highest BCUT2D eigenvalue weighted by Crippen LogP contribution is 2.07. The Bertz CT molecular complexity index is 314. The topological polar surface area (TPSA) is 24.1 Å². The minimum Gasteiger partial charge on any atom is -0.316 e. The molecule has 0 amide bonds. The summed E-state index contributed by atoms with van der Waals surface area (Å²) < 4.78 is 0. The van der Waals surface area contributed by atoms with Crippen molar-refractivity contribution in [2.75, 3.05) is 26.2 Å². The summed E-state index contributed by atoms with van der Waals surface area (Å²) in [5.74, 6) is 0.863. The van der Waals surface area contributed by atoms with Crippen LogP contribution < -0.4 is 10.6 Å². The fourth-order valence-corrected chi connectivity index (χ4v) is 2.19. The Labute approximate surface area is 105 Å². The average Bonchev–Trinajstić information content (AvgIpc) is 2.29. The number of hydrogen-bond acceptors (Lipinski definition) is 2. The molecule has 17 heavy (non-hydrogen) atoms. The maximum atomic E-state index is 3.54. The van der Waals surface area contributed by atoms with Crippen LogP contribution in [0.3, 0.4) is 0 Å². The number of rotatable bonds is 7. The van der Waals surface area contributed by atoms with Crippen molar-refractivity contribution in [3.05, 3.63) is 35.4 Å². The Morgan fingerprint density at radius 3 is 2.29 bits per heavy atom. The molecular formula is C15H24N2. The monoisotopic (exact) mass is 232 g/mol. The smallest absolute Gasteiger partial charge is 0.000394 e. The SMILES string of the molecule is CCCc1ccc(CCNCC2CNC2)cc1. The molecule has 0 saturated carbocycles. The van der Waals surface area contributed by atoms with Gasteiger partial charge in [0.25, 0.3) is 0 Å². The molecule has 1 saturated heterocycles. The lowest BCUT2D eigenvalue weighted by molar-refractivity contribution is 0.333. The van der Waals surface area contributed by atoms with Crippen molar-refractivity contribution in [2.24, 2.45) is 5.92 Å². The van der Waals surface area contributed by atoms with Crippen LogP contribution in [0.2, 0.25) is 0 Å². The Morgan fingerprint density at radius 1 is 1.12 bits per heavy atom. The molecule has 2 N–H and O–H groups in total. The molecule has 94 valence electrons. The van der Waals surface area contributed by atoms with Crippen LogP contribution in [-0.2, 0) is 12.8 Å². The van der Waals surface area contributed by atoms with E-state index in [1.807, 2.05) is 0 Å². The molecule has 0 bridgehead atoms. The third-order valence-corrected chi connectivity index (χ3v) is 3.45. The predicted octanol–water partition coefficient (Wildman–Crippen LogP) is 1.99. The van der Waals surface area contributed by atoms with Gasteiger partial charge in [0.1, 0.15) is 0 Å². The van der Waals surface area contributed by atoms with Crippen molar-refractivity contribution in [3.8, 4) is 0 Å². The molecule has 0 aliphatic carbocycles. The zero-order valence-corrected chi connectivity index (χ0v) is 10.8. The van der Waals surface area contributed by atoms with Crippen LogP contribution in [0.15, 0.2) is 24.3 Å². The van der Waals surface area contributed by atoms with Crippen LogP contribution in [0.1, 0.15) is 24.5 Å². The van der Waals surface area contributed by atoms with Gasteiger partial charge in [0.2, 0.25) is 0 Å². The Hall–Kier alpha value is -0.860.